The Hall–Kier alpha value is -1.04. The Morgan fingerprint density at radius 1 is 1.32 bits per heavy atom. The fourth-order valence-corrected chi connectivity index (χ4v) is 5.12. The molecule has 1 N–H and O–H groups in total. The van der Waals surface area contributed by atoms with Crippen LogP contribution in [-0.2, 0) is 6.54 Å². The van der Waals surface area contributed by atoms with Gasteiger partial charge in [-0.3, -0.25) is 4.90 Å². The van der Waals surface area contributed by atoms with E-state index in [4.69, 9.17) is 9.47 Å². The van der Waals surface area contributed by atoms with Crippen LogP contribution >= 0.6 is 0 Å². The van der Waals surface area contributed by atoms with Crippen molar-refractivity contribution in [1.29, 1.82) is 0 Å². The molecule has 4 nitrogen and oxygen atoms in total. The fraction of sp³-hybridized carbons (Fsp3) is 0.571. The van der Waals surface area contributed by atoms with Crippen molar-refractivity contribution < 1.29 is 14.6 Å². The smallest absolute Gasteiger partial charge is 0.231 e. The number of β-amino-alcohol motifs (C(OH)–C–C–N with tert-alkyl or cyclic N) is 1. The molecule has 104 valence electrons. The van der Waals surface area contributed by atoms with E-state index in [0.717, 1.165) is 23.6 Å². The summed E-state index contributed by atoms with van der Waals surface area (Å²) in [6, 6.07) is 2.04. The molecule has 5 heteroatoms. The Morgan fingerprint density at radius 3 is 2.74 bits per heavy atom. The van der Waals surface area contributed by atoms with E-state index in [1.807, 2.05) is 13.1 Å². The molecule has 2 aliphatic heterocycles. The SMILES string of the molecule is CN1Cc2cc3c(c([Si](C)(C)C)c2C(O)C1)OCO3. The van der Waals surface area contributed by atoms with Gasteiger partial charge in [0.2, 0.25) is 6.79 Å². The van der Waals surface area contributed by atoms with Gasteiger partial charge in [-0.15, -0.1) is 0 Å². The van der Waals surface area contributed by atoms with Crippen LogP contribution in [0, 0.1) is 0 Å². The van der Waals surface area contributed by atoms with E-state index in [0.29, 0.717) is 13.3 Å². The first-order valence-corrected chi connectivity index (χ1v) is 10.2. The minimum atomic E-state index is -1.62. The van der Waals surface area contributed by atoms with E-state index in [9.17, 15) is 5.11 Å². The lowest BCUT2D eigenvalue weighted by atomic mass is 9.96. The highest BCUT2D eigenvalue weighted by atomic mass is 28.3. The molecule has 0 radical (unpaired) electrons. The van der Waals surface area contributed by atoms with Gasteiger partial charge in [-0.25, -0.2) is 0 Å². The number of likely N-dealkylation sites (N-methyl/N-ethyl adjacent to an activating group) is 1. The van der Waals surface area contributed by atoms with Crippen LogP contribution in [0.3, 0.4) is 0 Å². The first-order chi connectivity index (χ1) is 8.88. The Balaban J connectivity index is 2.27. The van der Waals surface area contributed by atoms with Crippen molar-refractivity contribution in [3.63, 3.8) is 0 Å². The van der Waals surface area contributed by atoms with Crippen molar-refractivity contribution in [3.8, 4) is 11.5 Å². The van der Waals surface area contributed by atoms with E-state index in [2.05, 4.69) is 24.5 Å². The third-order valence-electron chi connectivity index (χ3n) is 3.80. The molecule has 0 aliphatic carbocycles. The Labute approximate surface area is 115 Å². The molecule has 1 atom stereocenters. The lowest BCUT2D eigenvalue weighted by Crippen LogP contribution is -2.45. The molecule has 0 fully saturated rings. The summed E-state index contributed by atoms with van der Waals surface area (Å²) < 4.78 is 11.3. The summed E-state index contributed by atoms with van der Waals surface area (Å²) in [7, 11) is 0.416. The van der Waals surface area contributed by atoms with Crippen LogP contribution in [0.25, 0.3) is 0 Å². The van der Waals surface area contributed by atoms with Crippen molar-refractivity contribution in [1.82, 2.24) is 4.90 Å². The van der Waals surface area contributed by atoms with Crippen LogP contribution in [0.5, 0.6) is 11.5 Å². The topological polar surface area (TPSA) is 41.9 Å². The van der Waals surface area contributed by atoms with Crippen LogP contribution in [0.1, 0.15) is 17.2 Å². The predicted molar refractivity (Wildman–Crippen MR) is 76.8 cm³/mol. The zero-order chi connectivity index (χ0) is 13.8. The van der Waals surface area contributed by atoms with Gasteiger partial charge in [0.1, 0.15) is 0 Å². The van der Waals surface area contributed by atoms with Crippen LogP contribution in [0.2, 0.25) is 19.6 Å². The number of hydrogen-bond donors (Lipinski definition) is 1. The molecule has 0 bridgehead atoms. The highest BCUT2D eigenvalue weighted by Gasteiger charge is 2.36. The molecule has 1 aromatic rings. The van der Waals surface area contributed by atoms with E-state index in [1.165, 1.54) is 10.8 Å². The molecule has 1 aromatic carbocycles. The molecule has 2 heterocycles. The molecule has 0 spiro atoms. The Bertz CT molecular complexity index is 524. The maximum Gasteiger partial charge on any atom is 0.231 e. The molecule has 1 unspecified atom stereocenters. The Morgan fingerprint density at radius 2 is 2.05 bits per heavy atom. The van der Waals surface area contributed by atoms with Crippen molar-refractivity contribution >= 4 is 13.3 Å². The lowest BCUT2D eigenvalue weighted by molar-refractivity contribution is 0.108. The van der Waals surface area contributed by atoms with Crippen molar-refractivity contribution in [2.75, 3.05) is 20.4 Å². The number of rotatable bonds is 1. The summed E-state index contributed by atoms with van der Waals surface area (Å²) in [6.45, 7) is 8.70. The third kappa shape index (κ3) is 2.06. The summed E-state index contributed by atoms with van der Waals surface area (Å²) in [6.07, 6.45) is -0.426. The number of ether oxygens (including phenoxy) is 2. The summed E-state index contributed by atoms with van der Waals surface area (Å²) in [5, 5.41) is 11.7. The number of nitrogens with zero attached hydrogens (tertiary/aromatic N) is 1. The number of benzene rings is 1. The van der Waals surface area contributed by atoms with E-state index in [-0.39, 0.29) is 0 Å². The largest absolute Gasteiger partial charge is 0.454 e. The summed E-state index contributed by atoms with van der Waals surface area (Å²) >= 11 is 0. The minimum absolute atomic E-state index is 0.293. The predicted octanol–water partition coefficient (Wildman–Crippen LogP) is 1.44. The molecule has 0 amide bonds. The monoisotopic (exact) mass is 279 g/mol. The second-order valence-electron chi connectivity index (χ2n) is 6.52. The van der Waals surface area contributed by atoms with Gasteiger partial charge in [0, 0.05) is 13.1 Å². The second kappa shape index (κ2) is 4.23. The van der Waals surface area contributed by atoms with Crippen LogP contribution in [-0.4, -0.2) is 38.5 Å². The van der Waals surface area contributed by atoms with Gasteiger partial charge in [0.25, 0.3) is 0 Å². The maximum absolute atomic E-state index is 10.5. The number of hydrogen-bond acceptors (Lipinski definition) is 4. The average Bonchev–Trinajstić information content (AvgIpc) is 2.71. The van der Waals surface area contributed by atoms with Gasteiger partial charge in [-0.1, -0.05) is 19.6 Å². The molecule has 19 heavy (non-hydrogen) atoms. The zero-order valence-electron chi connectivity index (χ0n) is 12.0. The Kier molecular flexibility index (Phi) is 2.88. The van der Waals surface area contributed by atoms with Gasteiger partial charge < -0.3 is 14.6 Å². The van der Waals surface area contributed by atoms with Crippen molar-refractivity contribution in [2.45, 2.75) is 32.3 Å². The molecule has 0 saturated carbocycles. The lowest BCUT2D eigenvalue weighted by Gasteiger charge is -2.34. The van der Waals surface area contributed by atoms with E-state index >= 15 is 0 Å². The quantitative estimate of drug-likeness (QED) is 0.790. The summed E-state index contributed by atoms with van der Waals surface area (Å²) in [5.41, 5.74) is 2.28. The van der Waals surface area contributed by atoms with Gasteiger partial charge in [0.15, 0.2) is 11.5 Å². The number of fused-ring (bicyclic) bond motifs is 2. The minimum Gasteiger partial charge on any atom is -0.454 e. The molecule has 3 rings (SSSR count). The highest BCUT2D eigenvalue weighted by molar-refractivity contribution is 6.89. The fourth-order valence-electron chi connectivity index (χ4n) is 3.11. The number of aliphatic hydroxyl groups is 1. The molecular weight excluding hydrogens is 258 g/mol. The average molecular weight is 279 g/mol. The van der Waals surface area contributed by atoms with Crippen LogP contribution in [0.4, 0.5) is 0 Å². The van der Waals surface area contributed by atoms with Gasteiger partial charge in [-0.05, 0) is 29.4 Å². The summed E-state index contributed by atoms with van der Waals surface area (Å²) in [4.78, 5) is 2.14. The molecule has 0 aromatic heterocycles. The van der Waals surface area contributed by atoms with Crippen LogP contribution < -0.4 is 14.7 Å². The number of aliphatic hydroxyl groups excluding tert-OH is 1. The molecule has 0 saturated heterocycles. The third-order valence-corrected chi connectivity index (χ3v) is 5.79. The maximum atomic E-state index is 10.5. The van der Waals surface area contributed by atoms with Gasteiger partial charge in [-0.2, -0.15) is 0 Å². The second-order valence-corrected chi connectivity index (χ2v) is 11.5. The molecular formula is C14H21NO3Si. The first kappa shape index (κ1) is 13.0. The van der Waals surface area contributed by atoms with E-state index in [1.54, 1.807) is 0 Å². The normalized spacial score (nSPS) is 22.5. The zero-order valence-corrected chi connectivity index (χ0v) is 13.0. The molecule has 2 aliphatic rings. The van der Waals surface area contributed by atoms with Gasteiger partial charge >= 0.3 is 0 Å². The van der Waals surface area contributed by atoms with Crippen LogP contribution in [0.15, 0.2) is 6.07 Å². The summed E-state index contributed by atoms with van der Waals surface area (Å²) in [5.74, 6) is 1.72. The van der Waals surface area contributed by atoms with Crippen molar-refractivity contribution in [2.24, 2.45) is 0 Å². The van der Waals surface area contributed by atoms with E-state index < -0.39 is 14.2 Å². The highest BCUT2D eigenvalue weighted by Crippen LogP contribution is 2.39. The van der Waals surface area contributed by atoms with Gasteiger partial charge in [0.05, 0.1) is 14.2 Å². The standard InChI is InChI=1S/C14H21NO3Si/c1-15-6-9-5-11-13(18-8-17-11)14(19(2,3)4)12(9)10(16)7-15/h5,10,16H,6-8H2,1-4H3. The first-order valence-electron chi connectivity index (χ1n) is 6.70. The van der Waals surface area contributed by atoms with Crippen molar-refractivity contribution in [3.05, 3.63) is 17.2 Å².